The van der Waals surface area contributed by atoms with Crippen molar-refractivity contribution in [2.75, 3.05) is 12.4 Å². The molecule has 0 aliphatic carbocycles. The molecular weight excluding hydrogens is 178 g/mol. The summed E-state index contributed by atoms with van der Waals surface area (Å²) in [6.45, 7) is 0. The van der Waals surface area contributed by atoms with Gasteiger partial charge in [0.1, 0.15) is 5.69 Å². The van der Waals surface area contributed by atoms with Crippen molar-refractivity contribution in [1.29, 1.82) is 0 Å². The minimum Gasteiger partial charge on any atom is -0.371 e. The quantitative estimate of drug-likeness (QED) is 0.763. The van der Waals surface area contributed by atoms with Crippen molar-refractivity contribution in [2.45, 2.75) is 0 Å². The summed E-state index contributed by atoms with van der Waals surface area (Å²) in [6, 6.07) is 0. The fourth-order valence-corrected chi connectivity index (χ4v) is 1.28. The monoisotopic (exact) mass is 189 g/mol. The third kappa shape index (κ3) is 1.32. The number of rotatable bonds is 2. The second-order valence-corrected chi connectivity index (χ2v) is 2.87. The number of aromatic nitrogens is 4. The van der Waals surface area contributed by atoms with Crippen LogP contribution in [0.1, 0.15) is 0 Å². The van der Waals surface area contributed by atoms with E-state index in [4.69, 9.17) is 0 Å². The minimum absolute atomic E-state index is 0.738. The molecule has 2 aromatic heterocycles. The first-order chi connectivity index (χ1) is 6.83. The lowest BCUT2D eigenvalue weighted by molar-refractivity contribution is 0.915. The zero-order valence-corrected chi connectivity index (χ0v) is 8.10. The maximum atomic E-state index is 4.24. The molecule has 0 amide bonds. The van der Waals surface area contributed by atoms with E-state index in [1.54, 1.807) is 18.6 Å². The molecule has 72 valence electrons. The molecule has 0 saturated heterocycles. The molecule has 2 aromatic rings. The highest BCUT2D eigenvalue weighted by Gasteiger charge is 2.09. The Bertz CT molecular complexity index is 434. The highest BCUT2D eigenvalue weighted by Crippen LogP contribution is 2.19. The van der Waals surface area contributed by atoms with Gasteiger partial charge >= 0.3 is 0 Å². The summed E-state index contributed by atoms with van der Waals surface area (Å²) in [5.74, 6) is 1.55. The molecule has 2 heterocycles. The molecule has 0 saturated carbocycles. The molecule has 0 fully saturated rings. The summed E-state index contributed by atoms with van der Waals surface area (Å²) in [7, 11) is 3.74. The molecule has 0 aliphatic rings. The van der Waals surface area contributed by atoms with Gasteiger partial charge in [-0.1, -0.05) is 0 Å². The summed E-state index contributed by atoms with van der Waals surface area (Å²) in [5, 5.41) is 2.98. The smallest absolute Gasteiger partial charge is 0.162 e. The SMILES string of the molecule is CNc1nccnc1-c1nccn1C. The van der Waals surface area contributed by atoms with Crippen LogP contribution < -0.4 is 5.32 Å². The van der Waals surface area contributed by atoms with Crippen LogP contribution in [0.15, 0.2) is 24.8 Å². The topological polar surface area (TPSA) is 55.6 Å². The normalized spacial score (nSPS) is 10.1. The molecule has 0 aromatic carbocycles. The van der Waals surface area contributed by atoms with Crippen LogP contribution in [-0.4, -0.2) is 26.6 Å². The second kappa shape index (κ2) is 3.45. The molecule has 14 heavy (non-hydrogen) atoms. The Morgan fingerprint density at radius 2 is 1.93 bits per heavy atom. The van der Waals surface area contributed by atoms with E-state index in [0.717, 1.165) is 17.3 Å². The van der Waals surface area contributed by atoms with Gasteiger partial charge in [0.25, 0.3) is 0 Å². The lowest BCUT2D eigenvalue weighted by Gasteiger charge is -2.05. The first-order valence-corrected chi connectivity index (χ1v) is 4.29. The lowest BCUT2D eigenvalue weighted by Crippen LogP contribution is -2.01. The molecule has 0 unspecified atom stereocenters. The summed E-state index contributed by atoms with van der Waals surface area (Å²) >= 11 is 0. The van der Waals surface area contributed by atoms with Crippen LogP contribution in [0.3, 0.4) is 0 Å². The van der Waals surface area contributed by atoms with Gasteiger partial charge in [0.05, 0.1) is 0 Å². The maximum absolute atomic E-state index is 4.24. The third-order valence-corrected chi connectivity index (χ3v) is 1.97. The van der Waals surface area contributed by atoms with Gasteiger partial charge in [-0.25, -0.2) is 15.0 Å². The van der Waals surface area contributed by atoms with Gasteiger partial charge in [-0.05, 0) is 0 Å². The van der Waals surface area contributed by atoms with Crippen molar-refractivity contribution in [3.63, 3.8) is 0 Å². The van der Waals surface area contributed by atoms with E-state index >= 15 is 0 Å². The molecular formula is C9H11N5. The zero-order valence-electron chi connectivity index (χ0n) is 8.10. The number of hydrogen-bond donors (Lipinski definition) is 1. The minimum atomic E-state index is 0.738. The van der Waals surface area contributed by atoms with Crippen LogP contribution in [0.25, 0.3) is 11.5 Å². The molecule has 0 aliphatic heterocycles. The van der Waals surface area contributed by atoms with Crippen molar-refractivity contribution in [3.05, 3.63) is 24.8 Å². The van der Waals surface area contributed by atoms with Crippen LogP contribution >= 0.6 is 0 Å². The number of anilines is 1. The largest absolute Gasteiger partial charge is 0.371 e. The Morgan fingerprint density at radius 3 is 2.57 bits per heavy atom. The molecule has 0 atom stereocenters. The molecule has 1 N–H and O–H groups in total. The van der Waals surface area contributed by atoms with Crippen LogP contribution in [0, 0.1) is 0 Å². The Kier molecular flexibility index (Phi) is 2.14. The first kappa shape index (κ1) is 8.68. The Morgan fingerprint density at radius 1 is 1.14 bits per heavy atom. The van der Waals surface area contributed by atoms with Gasteiger partial charge in [0.15, 0.2) is 11.6 Å². The van der Waals surface area contributed by atoms with Crippen LogP contribution in [0.5, 0.6) is 0 Å². The standard InChI is InChI=1S/C9H11N5/c1-10-8-7(11-3-4-12-8)9-13-5-6-14(9)2/h3-6H,1-2H3,(H,10,12). The van der Waals surface area contributed by atoms with Gasteiger partial charge in [0.2, 0.25) is 0 Å². The highest BCUT2D eigenvalue weighted by atomic mass is 15.1. The third-order valence-electron chi connectivity index (χ3n) is 1.97. The van der Waals surface area contributed by atoms with Gasteiger partial charge in [0, 0.05) is 38.9 Å². The summed E-state index contributed by atoms with van der Waals surface area (Å²) in [4.78, 5) is 12.6. The molecule has 0 bridgehead atoms. The predicted molar refractivity (Wildman–Crippen MR) is 53.8 cm³/mol. The van der Waals surface area contributed by atoms with Crippen LogP contribution in [-0.2, 0) is 7.05 Å². The first-order valence-electron chi connectivity index (χ1n) is 4.29. The van der Waals surface area contributed by atoms with Crippen LogP contribution in [0.2, 0.25) is 0 Å². The fourth-order valence-electron chi connectivity index (χ4n) is 1.28. The van der Waals surface area contributed by atoms with E-state index in [-0.39, 0.29) is 0 Å². The lowest BCUT2D eigenvalue weighted by atomic mass is 10.4. The van der Waals surface area contributed by atoms with Gasteiger partial charge < -0.3 is 9.88 Å². The van der Waals surface area contributed by atoms with E-state index < -0.39 is 0 Å². The Hall–Kier alpha value is -1.91. The number of imidazole rings is 1. The van der Waals surface area contributed by atoms with Gasteiger partial charge in [-0.15, -0.1) is 0 Å². The predicted octanol–water partition coefficient (Wildman–Crippen LogP) is 0.919. The molecule has 5 heteroatoms. The zero-order chi connectivity index (χ0) is 9.97. The second-order valence-electron chi connectivity index (χ2n) is 2.87. The Labute approximate surface area is 81.8 Å². The average Bonchev–Trinajstić information content (AvgIpc) is 2.64. The molecule has 0 radical (unpaired) electrons. The summed E-state index contributed by atoms with van der Waals surface area (Å²) in [6.07, 6.45) is 6.93. The maximum Gasteiger partial charge on any atom is 0.162 e. The molecule has 2 rings (SSSR count). The highest BCUT2D eigenvalue weighted by molar-refractivity contribution is 5.65. The van der Waals surface area contributed by atoms with Crippen molar-refractivity contribution in [2.24, 2.45) is 7.05 Å². The van der Waals surface area contributed by atoms with Crippen molar-refractivity contribution < 1.29 is 0 Å². The molecule has 0 spiro atoms. The molecule has 5 nitrogen and oxygen atoms in total. The van der Waals surface area contributed by atoms with Crippen LogP contribution in [0.4, 0.5) is 5.82 Å². The average molecular weight is 189 g/mol. The van der Waals surface area contributed by atoms with E-state index in [2.05, 4.69) is 20.3 Å². The number of hydrogen-bond acceptors (Lipinski definition) is 4. The number of aryl methyl sites for hydroxylation is 1. The van der Waals surface area contributed by atoms with Gasteiger partial charge in [-0.3, -0.25) is 0 Å². The van der Waals surface area contributed by atoms with Crippen molar-refractivity contribution >= 4 is 5.82 Å². The van der Waals surface area contributed by atoms with E-state index in [1.807, 2.05) is 24.9 Å². The van der Waals surface area contributed by atoms with E-state index in [9.17, 15) is 0 Å². The number of nitrogens with zero attached hydrogens (tertiary/aromatic N) is 4. The summed E-state index contributed by atoms with van der Waals surface area (Å²) in [5.41, 5.74) is 0.766. The van der Waals surface area contributed by atoms with Gasteiger partial charge in [-0.2, -0.15) is 0 Å². The fraction of sp³-hybridized carbons (Fsp3) is 0.222. The number of nitrogens with one attached hydrogen (secondary N) is 1. The van der Waals surface area contributed by atoms with E-state index in [1.165, 1.54) is 0 Å². The van der Waals surface area contributed by atoms with Crippen molar-refractivity contribution in [1.82, 2.24) is 19.5 Å². The van der Waals surface area contributed by atoms with E-state index in [0.29, 0.717) is 0 Å². The van der Waals surface area contributed by atoms with Crippen molar-refractivity contribution in [3.8, 4) is 11.5 Å². The Balaban J connectivity index is 2.56. The summed E-state index contributed by atoms with van der Waals surface area (Å²) < 4.78 is 1.91.